The summed E-state index contributed by atoms with van der Waals surface area (Å²) in [5, 5.41) is 22.1. The second-order valence-electron chi connectivity index (χ2n) is 7.16. The number of hydrogen-bond donors (Lipinski definition) is 1. The molecule has 1 N–H and O–H groups in total. The van der Waals surface area contributed by atoms with E-state index < -0.39 is 5.97 Å². The van der Waals surface area contributed by atoms with Crippen molar-refractivity contribution in [2.24, 2.45) is 5.11 Å². The first-order valence-corrected chi connectivity index (χ1v) is 10.3. The van der Waals surface area contributed by atoms with Crippen molar-refractivity contribution in [2.45, 2.75) is 20.5 Å². The Morgan fingerprint density at radius 2 is 1.84 bits per heavy atom. The Bertz CT molecular complexity index is 1110. The van der Waals surface area contributed by atoms with Gasteiger partial charge in [0.2, 0.25) is 0 Å². The molecule has 0 saturated heterocycles. The normalized spacial score (nSPS) is 13.1. The summed E-state index contributed by atoms with van der Waals surface area (Å²) in [5.74, 6) is -0.791. The molecule has 164 valence electrons. The minimum absolute atomic E-state index is 0.231. The molecule has 0 amide bonds. The number of nitrogens with zero attached hydrogens (tertiary/aromatic N) is 6. The summed E-state index contributed by atoms with van der Waals surface area (Å²) in [6.45, 7) is 7.78. The predicted molar refractivity (Wildman–Crippen MR) is 123 cm³/mol. The molecule has 0 fully saturated rings. The van der Waals surface area contributed by atoms with Crippen LogP contribution >= 0.6 is 0 Å². The number of rotatable bonds is 8. The van der Waals surface area contributed by atoms with Crippen LogP contribution in [0.4, 0.5) is 17.1 Å². The molecule has 0 bridgehead atoms. The van der Waals surface area contributed by atoms with E-state index in [2.05, 4.69) is 33.7 Å². The first-order valence-electron chi connectivity index (χ1n) is 10.3. The van der Waals surface area contributed by atoms with Crippen molar-refractivity contribution in [3.8, 4) is 11.8 Å². The van der Waals surface area contributed by atoms with Gasteiger partial charge in [0.25, 0.3) is 0 Å². The number of carboxylic acids is 1. The summed E-state index contributed by atoms with van der Waals surface area (Å²) in [7, 11) is 0. The minimum Gasteiger partial charge on any atom is -0.488 e. The summed E-state index contributed by atoms with van der Waals surface area (Å²) in [4.78, 5) is 18.7. The van der Waals surface area contributed by atoms with Gasteiger partial charge in [-0.2, -0.15) is 5.26 Å². The molecule has 1 aliphatic heterocycles. The molecule has 9 heteroatoms. The molecule has 0 spiro atoms. The second-order valence-corrected chi connectivity index (χ2v) is 7.16. The third kappa shape index (κ3) is 4.94. The number of ether oxygens (including phenoxy) is 1. The Labute approximate surface area is 186 Å². The van der Waals surface area contributed by atoms with Crippen LogP contribution in [0.5, 0.6) is 5.75 Å². The fraction of sp³-hybridized carbons (Fsp3) is 0.304. The van der Waals surface area contributed by atoms with Gasteiger partial charge in [-0.1, -0.05) is 29.4 Å². The standard InChI is InChI=1S/C23H24N6O3/c1-3-28-9-10-29(4-2)21-13-22(17(12-20(21)28)11-18(14-24)23(30)31)32-15-16-5-7-19(8-6-16)26-27-25/h5-8,11-13H,3-4,9-10,15H2,1-2H3,(H,30,31)/b18-11+. The summed E-state index contributed by atoms with van der Waals surface area (Å²) in [6.07, 6.45) is 1.35. The van der Waals surface area contributed by atoms with E-state index in [0.29, 0.717) is 17.0 Å². The van der Waals surface area contributed by atoms with Crippen LogP contribution in [0.25, 0.3) is 16.5 Å². The Morgan fingerprint density at radius 3 is 2.38 bits per heavy atom. The minimum atomic E-state index is -1.28. The maximum Gasteiger partial charge on any atom is 0.346 e. The molecule has 0 aliphatic carbocycles. The van der Waals surface area contributed by atoms with Crippen LogP contribution in [0.2, 0.25) is 0 Å². The molecule has 2 aromatic carbocycles. The number of carbonyl (C=O) groups is 1. The number of azide groups is 1. The van der Waals surface area contributed by atoms with Gasteiger partial charge in [0.05, 0.1) is 11.4 Å². The number of anilines is 2. The van der Waals surface area contributed by atoms with Crippen molar-refractivity contribution >= 4 is 29.1 Å². The van der Waals surface area contributed by atoms with Gasteiger partial charge in [-0.15, -0.1) is 0 Å². The van der Waals surface area contributed by atoms with E-state index in [1.807, 2.05) is 12.1 Å². The molecule has 0 atom stereocenters. The highest BCUT2D eigenvalue weighted by molar-refractivity contribution is 5.97. The first kappa shape index (κ1) is 22.5. The number of likely N-dealkylation sites (N-methyl/N-ethyl adjacent to an activating group) is 2. The third-order valence-electron chi connectivity index (χ3n) is 5.33. The topological polar surface area (TPSA) is 126 Å². The number of aliphatic carboxylic acids is 1. The summed E-state index contributed by atoms with van der Waals surface area (Å²) < 4.78 is 6.08. The Morgan fingerprint density at radius 1 is 1.22 bits per heavy atom. The van der Waals surface area contributed by atoms with E-state index in [9.17, 15) is 15.2 Å². The van der Waals surface area contributed by atoms with Crippen LogP contribution < -0.4 is 14.5 Å². The van der Waals surface area contributed by atoms with Gasteiger partial charge >= 0.3 is 5.97 Å². The summed E-state index contributed by atoms with van der Waals surface area (Å²) in [6, 6.07) is 12.5. The van der Waals surface area contributed by atoms with Crippen LogP contribution in [0, 0.1) is 11.3 Å². The number of benzene rings is 2. The predicted octanol–water partition coefficient (Wildman–Crippen LogP) is 4.87. The van der Waals surface area contributed by atoms with E-state index in [4.69, 9.17) is 10.3 Å². The van der Waals surface area contributed by atoms with Gasteiger partial charge in [-0.25, -0.2) is 4.79 Å². The Balaban J connectivity index is 2.02. The lowest BCUT2D eigenvalue weighted by molar-refractivity contribution is -0.132. The molecule has 1 heterocycles. The van der Waals surface area contributed by atoms with Gasteiger partial charge in [0, 0.05) is 48.4 Å². The van der Waals surface area contributed by atoms with Crippen LogP contribution in [0.15, 0.2) is 47.1 Å². The second kappa shape index (κ2) is 10.2. The molecule has 2 aromatic rings. The van der Waals surface area contributed by atoms with Gasteiger partial charge in [-0.3, -0.25) is 0 Å². The largest absolute Gasteiger partial charge is 0.488 e. The van der Waals surface area contributed by atoms with Crippen molar-refractivity contribution in [3.63, 3.8) is 0 Å². The van der Waals surface area contributed by atoms with E-state index in [0.717, 1.165) is 43.1 Å². The number of carboxylic acid groups (broad SMARTS) is 1. The average molecular weight is 432 g/mol. The van der Waals surface area contributed by atoms with Crippen LogP contribution in [-0.2, 0) is 11.4 Å². The van der Waals surface area contributed by atoms with Crippen molar-refractivity contribution < 1.29 is 14.6 Å². The van der Waals surface area contributed by atoms with E-state index >= 15 is 0 Å². The fourth-order valence-electron chi connectivity index (χ4n) is 3.63. The van der Waals surface area contributed by atoms with E-state index in [1.54, 1.807) is 30.3 Å². The van der Waals surface area contributed by atoms with Crippen LogP contribution in [0.3, 0.4) is 0 Å². The quantitative estimate of drug-likeness (QED) is 0.209. The highest BCUT2D eigenvalue weighted by Gasteiger charge is 2.23. The molecule has 1 aliphatic rings. The molecular weight excluding hydrogens is 408 g/mol. The van der Waals surface area contributed by atoms with Crippen molar-refractivity contribution in [1.82, 2.24) is 0 Å². The zero-order valence-corrected chi connectivity index (χ0v) is 18.0. The average Bonchev–Trinajstić information content (AvgIpc) is 2.81. The third-order valence-corrected chi connectivity index (χ3v) is 5.33. The van der Waals surface area contributed by atoms with E-state index in [-0.39, 0.29) is 12.2 Å². The molecule has 0 aromatic heterocycles. The molecule has 3 rings (SSSR count). The SMILES string of the molecule is CCN1CCN(CC)c2cc(OCc3ccc(N=[N+]=[N-])cc3)c(/C=C(\C#N)C(=O)O)cc21. The number of nitriles is 1. The Kier molecular flexibility index (Phi) is 7.21. The number of hydrogen-bond acceptors (Lipinski definition) is 6. The Hall–Kier alpha value is -4.15. The maximum atomic E-state index is 11.4. The van der Waals surface area contributed by atoms with Crippen molar-refractivity contribution in [2.75, 3.05) is 36.0 Å². The van der Waals surface area contributed by atoms with E-state index in [1.165, 1.54) is 6.08 Å². The lowest BCUT2D eigenvalue weighted by Gasteiger charge is -2.38. The highest BCUT2D eigenvalue weighted by atomic mass is 16.5. The van der Waals surface area contributed by atoms with Crippen molar-refractivity contribution in [1.29, 1.82) is 5.26 Å². The molecule has 0 radical (unpaired) electrons. The first-order chi connectivity index (χ1) is 15.5. The smallest absolute Gasteiger partial charge is 0.346 e. The van der Waals surface area contributed by atoms with Gasteiger partial charge in [0.1, 0.15) is 24.0 Å². The highest BCUT2D eigenvalue weighted by Crippen LogP contribution is 2.39. The number of fused-ring (bicyclic) bond motifs is 1. The lowest BCUT2D eigenvalue weighted by atomic mass is 10.0. The molecule has 9 nitrogen and oxygen atoms in total. The monoisotopic (exact) mass is 432 g/mol. The molecular formula is C23H24N6O3. The summed E-state index contributed by atoms with van der Waals surface area (Å²) in [5.41, 5.74) is 12.1. The van der Waals surface area contributed by atoms with Gasteiger partial charge < -0.3 is 19.6 Å². The van der Waals surface area contributed by atoms with Crippen molar-refractivity contribution in [3.05, 3.63) is 63.5 Å². The zero-order chi connectivity index (χ0) is 23.1. The fourth-order valence-corrected chi connectivity index (χ4v) is 3.63. The van der Waals surface area contributed by atoms with Gasteiger partial charge in [0.15, 0.2) is 0 Å². The lowest BCUT2D eigenvalue weighted by Crippen LogP contribution is -2.41. The molecule has 0 saturated carbocycles. The maximum absolute atomic E-state index is 11.4. The summed E-state index contributed by atoms with van der Waals surface area (Å²) >= 11 is 0. The van der Waals surface area contributed by atoms with Gasteiger partial charge in [-0.05, 0) is 37.1 Å². The van der Waals surface area contributed by atoms with Crippen LogP contribution in [-0.4, -0.2) is 37.3 Å². The van der Waals surface area contributed by atoms with Crippen LogP contribution in [0.1, 0.15) is 25.0 Å². The molecule has 32 heavy (non-hydrogen) atoms. The molecule has 0 unspecified atom stereocenters. The zero-order valence-electron chi connectivity index (χ0n) is 18.0.